The number of carboxylic acids is 1. The molecule has 0 aromatic heterocycles. The van der Waals surface area contributed by atoms with Crippen molar-refractivity contribution < 1.29 is 14.6 Å². The number of aliphatic carboxylic acids is 1. The molecular formula is C11H18O3. The van der Waals surface area contributed by atoms with Crippen molar-refractivity contribution in [1.82, 2.24) is 0 Å². The van der Waals surface area contributed by atoms with Crippen molar-refractivity contribution in [3.05, 3.63) is 0 Å². The molecule has 2 fully saturated rings. The zero-order chi connectivity index (χ0) is 10.2. The molecule has 0 bridgehead atoms. The first-order valence-electron chi connectivity index (χ1n) is 5.42. The minimum atomic E-state index is -0.613. The van der Waals surface area contributed by atoms with E-state index in [1.807, 2.05) is 0 Å². The molecule has 1 aliphatic carbocycles. The van der Waals surface area contributed by atoms with Crippen LogP contribution in [0.4, 0.5) is 0 Å². The normalized spacial score (nSPS) is 36.1. The van der Waals surface area contributed by atoms with Crippen molar-refractivity contribution in [2.75, 3.05) is 13.2 Å². The summed E-state index contributed by atoms with van der Waals surface area (Å²) in [5.41, 5.74) is 0.351. The quantitative estimate of drug-likeness (QED) is 0.737. The third-order valence-corrected chi connectivity index (χ3v) is 3.93. The summed E-state index contributed by atoms with van der Waals surface area (Å²) < 4.78 is 5.25. The molecule has 14 heavy (non-hydrogen) atoms. The lowest BCUT2D eigenvalue weighted by molar-refractivity contribution is -0.152. The predicted octanol–water partition coefficient (Wildman–Crippen LogP) is 1.91. The Bertz CT molecular complexity index is 225. The predicted molar refractivity (Wildman–Crippen MR) is 52.0 cm³/mol. The summed E-state index contributed by atoms with van der Waals surface area (Å²) in [6, 6.07) is 0. The Labute approximate surface area is 84.4 Å². The highest BCUT2D eigenvalue weighted by molar-refractivity contribution is 5.69. The van der Waals surface area contributed by atoms with E-state index in [-0.39, 0.29) is 5.92 Å². The third-order valence-electron chi connectivity index (χ3n) is 3.93. The molecule has 0 spiro atoms. The molecule has 1 N–H and O–H groups in total. The van der Waals surface area contributed by atoms with Crippen LogP contribution in [0.15, 0.2) is 0 Å². The minimum absolute atomic E-state index is 0.0872. The molecule has 1 heterocycles. The number of hydrogen-bond acceptors (Lipinski definition) is 2. The standard InChI is InChI=1S/C11H18O3/c1-11(6-14-7-11)9-4-2-8(3-5-9)10(12)13/h8-9H,2-7H2,1H3,(H,12,13). The van der Waals surface area contributed by atoms with Gasteiger partial charge in [-0.1, -0.05) is 6.92 Å². The maximum absolute atomic E-state index is 10.8. The Morgan fingerprint density at radius 2 is 1.86 bits per heavy atom. The molecule has 0 amide bonds. The van der Waals surface area contributed by atoms with Crippen LogP contribution >= 0.6 is 0 Å². The van der Waals surface area contributed by atoms with Gasteiger partial charge in [0, 0.05) is 5.41 Å². The fourth-order valence-corrected chi connectivity index (χ4v) is 2.70. The van der Waals surface area contributed by atoms with E-state index in [9.17, 15) is 4.79 Å². The second kappa shape index (κ2) is 3.54. The van der Waals surface area contributed by atoms with Crippen molar-refractivity contribution >= 4 is 5.97 Å². The van der Waals surface area contributed by atoms with Crippen LogP contribution in [0.5, 0.6) is 0 Å². The topological polar surface area (TPSA) is 46.5 Å². The molecular weight excluding hydrogens is 180 g/mol. The lowest BCUT2D eigenvalue weighted by Crippen LogP contribution is -2.47. The smallest absolute Gasteiger partial charge is 0.306 e. The van der Waals surface area contributed by atoms with Gasteiger partial charge >= 0.3 is 5.97 Å². The Morgan fingerprint density at radius 1 is 1.29 bits per heavy atom. The Morgan fingerprint density at radius 3 is 2.21 bits per heavy atom. The summed E-state index contributed by atoms with van der Waals surface area (Å²) in [6.07, 6.45) is 3.85. The fourth-order valence-electron chi connectivity index (χ4n) is 2.70. The summed E-state index contributed by atoms with van der Waals surface area (Å²) in [6.45, 7) is 4.01. The molecule has 3 nitrogen and oxygen atoms in total. The molecule has 2 aliphatic rings. The molecule has 3 heteroatoms. The van der Waals surface area contributed by atoms with Crippen LogP contribution in [0, 0.1) is 17.3 Å². The Balaban J connectivity index is 1.86. The van der Waals surface area contributed by atoms with Crippen LogP contribution in [0.1, 0.15) is 32.6 Å². The lowest BCUT2D eigenvalue weighted by atomic mass is 9.67. The van der Waals surface area contributed by atoms with Crippen LogP contribution in [0.2, 0.25) is 0 Å². The van der Waals surface area contributed by atoms with Crippen LogP contribution in [-0.2, 0) is 9.53 Å². The van der Waals surface area contributed by atoms with Gasteiger partial charge < -0.3 is 9.84 Å². The fraction of sp³-hybridized carbons (Fsp3) is 0.909. The molecule has 2 rings (SSSR count). The van der Waals surface area contributed by atoms with E-state index >= 15 is 0 Å². The summed E-state index contributed by atoms with van der Waals surface area (Å²) in [7, 11) is 0. The summed E-state index contributed by atoms with van der Waals surface area (Å²) >= 11 is 0. The van der Waals surface area contributed by atoms with Gasteiger partial charge in [-0.15, -0.1) is 0 Å². The maximum atomic E-state index is 10.8. The van der Waals surface area contributed by atoms with E-state index in [2.05, 4.69) is 6.92 Å². The van der Waals surface area contributed by atoms with Crippen molar-refractivity contribution in [2.45, 2.75) is 32.6 Å². The first-order valence-corrected chi connectivity index (χ1v) is 5.42. The van der Waals surface area contributed by atoms with Crippen molar-refractivity contribution in [3.8, 4) is 0 Å². The van der Waals surface area contributed by atoms with Crippen LogP contribution in [-0.4, -0.2) is 24.3 Å². The van der Waals surface area contributed by atoms with Gasteiger partial charge in [-0.3, -0.25) is 4.79 Å². The van der Waals surface area contributed by atoms with Gasteiger partial charge in [0.2, 0.25) is 0 Å². The van der Waals surface area contributed by atoms with E-state index in [0.717, 1.165) is 38.9 Å². The van der Waals surface area contributed by atoms with Crippen LogP contribution in [0.25, 0.3) is 0 Å². The highest BCUT2D eigenvalue weighted by atomic mass is 16.5. The monoisotopic (exact) mass is 198 g/mol. The average Bonchev–Trinajstić information content (AvgIpc) is 2.14. The number of rotatable bonds is 2. The number of carbonyl (C=O) groups is 1. The SMILES string of the molecule is CC1(C2CCC(C(=O)O)CC2)COC1. The van der Waals surface area contributed by atoms with Gasteiger partial charge in [-0.2, -0.15) is 0 Å². The summed E-state index contributed by atoms with van der Waals surface area (Å²) in [5.74, 6) is -0.0128. The average molecular weight is 198 g/mol. The van der Waals surface area contributed by atoms with Gasteiger partial charge in [0.1, 0.15) is 0 Å². The van der Waals surface area contributed by atoms with Gasteiger partial charge in [0.25, 0.3) is 0 Å². The van der Waals surface area contributed by atoms with Crippen LogP contribution < -0.4 is 0 Å². The van der Waals surface area contributed by atoms with Crippen molar-refractivity contribution in [1.29, 1.82) is 0 Å². The first kappa shape index (κ1) is 9.97. The van der Waals surface area contributed by atoms with Crippen molar-refractivity contribution in [3.63, 3.8) is 0 Å². The highest BCUT2D eigenvalue weighted by Crippen LogP contribution is 2.44. The number of hydrogen-bond donors (Lipinski definition) is 1. The van der Waals surface area contributed by atoms with Gasteiger partial charge in [0.05, 0.1) is 19.1 Å². The van der Waals surface area contributed by atoms with Gasteiger partial charge in [-0.25, -0.2) is 0 Å². The third kappa shape index (κ3) is 1.65. The zero-order valence-corrected chi connectivity index (χ0v) is 8.66. The first-order chi connectivity index (χ1) is 6.62. The number of carboxylic acid groups (broad SMARTS) is 1. The van der Waals surface area contributed by atoms with E-state index in [1.165, 1.54) is 0 Å². The zero-order valence-electron chi connectivity index (χ0n) is 8.66. The van der Waals surface area contributed by atoms with Crippen molar-refractivity contribution in [2.24, 2.45) is 17.3 Å². The Hall–Kier alpha value is -0.570. The van der Waals surface area contributed by atoms with Gasteiger partial charge in [0.15, 0.2) is 0 Å². The molecule has 1 aliphatic heterocycles. The maximum Gasteiger partial charge on any atom is 0.306 e. The Kier molecular flexibility index (Phi) is 2.52. The molecule has 1 saturated carbocycles. The molecule has 0 aromatic carbocycles. The molecule has 0 atom stereocenters. The lowest BCUT2D eigenvalue weighted by Gasteiger charge is -2.46. The summed E-state index contributed by atoms with van der Waals surface area (Å²) in [5, 5.41) is 8.87. The second-order valence-electron chi connectivity index (χ2n) is 5.03. The minimum Gasteiger partial charge on any atom is -0.481 e. The van der Waals surface area contributed by atoms with E-state index in [0.29, 0.717) is 11.3 Å². The van der Waals surface area contributed by atoms with E-state index in [1.54, 1.807) is 0 Å². The highest BCUT2D eigenvalue weighted by Gasteiger charge is 2.43. The molecule has 1 saturated heterocycles. The van der Waals surface area contributed by atoms with E-state index in [4.69, 9.17) is 9.84 Å². The summed E-state index contributed by atoms with van der Waals surface area (Å²) in [4.78, 5) is 10.8. The largest absolute Gasteiger partial charge is 0.481 e. The molecule has 0 aromatic rings. The van der Waals surface area contributed by atoms with Gasteiger partial charge in [-0.05, 0) is 31.6 Å². The molecule has 80 valence electrons. The number of ether oxygens (including phenoxy) is 1. The second-order valence-corrected chi connectivity index (χ2v) is 5.03. The molecule has 0 unspecified atom stereocenters. The molecule has 0 radical (unpaired) electrons. The van der Waals surface area contributed by atoms with Crippen LogP contribution in [0.3, 0.4) is 0 Å². The van der Waals surface area contributed by atoms with E-state index < -0.39 is 5.97 Å².